The van der Waals surface area contributed by atoms with Crippen LogP contribution in [0.3, 0.4) is 0 Å². The molecule has 216 valence electrons. The van der Waals surface area contributed by atoms with Crippen molar-refractivity contribution in [3.8, 4) is 5.75 Å². The monoisotopic (exact) mass is 567 g/mol. The third-order valence-corrected chi connectivity index (χ3v) is 10.1. The smallest absolute Gasteiger partial charge is 0.262 e. The van der Waals surface area contributed by atoms with Crippen LogP contribution in [0.15, 0.2) is 42.7 Å². The fourth-order valence-electron chi connectivity index (χ4n) is 8.09. The number of aromatic nitrogens is 2. The van der Waals surface area contributed by atoms with Crippen molar-refractivity contribution in [2.75, 3.05) is 31.1 Å². The molecule has 4 bridgehead atoms. The van der Waals surface area contributed by atoms with Gasteiger partial charge in [-0.3, -0.25) is 19.5 Å². The lowest BCUT2D eigenvalue weighted by Gasteiger charge is -2.53. The molecule has 7 aliphatic heterocycles. The van der Waals surface area contributed by atoms with Crippen molar-refractivity contribution in [1.29, 1.82) is 0 Å². The highest BCUT2D eigenvalue weighted by atomic mass is 16.5. The highest BCUT2D eigenvalue weighted by Gasteiger charge is 2.54. The Kier molecular flexibility index (Phi) is 5.46. The van der Waals surface area contributed by atoms with Crippen LogP contribution in [0.1, 0.15) is 64.8 Å². The molecule has 2 aromatic carbocycles. The molecule has 10 nitrogen and oxygen atoms in total. The van der Waals surface area contributed by atoms with Crippen LogP contribution in [0.2, 0.25) is 0 Å². The van der Waals surface area contributed by atoms with E-state index in [4.69, 9.17) is 14.2 Å². The van der Waals surface area contributed by atoms with Gasteiger partial charge in [-0.25, -0.2) is 4.98 Å². The van der Waals surface area contributed by atoms with Crippen LogP contribution in [-0.4, -0.2) is 83.3 Å². The van der Waals surface area contributed by atoms with E-state index in [0.717, 1.165) is 73.4 Å². The van der Waals surface area contributed by atoms with Gasteiger partial charge in [0.05, 0.1) is 41.1 Å². The molecular formula is C32H33N5O5. The molecule has 3 aromatic rings. The van der Waals surface area contributed by atoms with Gasteiger partial charge in [0.25, 0.3) is 11.8 Å². The fraction of sp³-hybridized carbons (Fsp3) is 0.500. The number of rotatable bonds is 5. The third kappa shape index (κ3) is 3.74. The minimum atomic E-state index is -0.506. The van der Waals surface area contributed by atoms with Crippen molar-refractivity contribution in [3.05, 3.63) is 59.4 Å². The normalized spacial score (nSPS) is 33.3. The number of anilines is 1. The summed E-state index contributed by atoms with van der Waals surface area (Å²) >= 11 is 0. The van der Waals surface area contributed by atoms with E-state index in [0.29, 0.717) is 42.7 Å². The van der Waals surface area contributed by atoms with Gasteiger partial charge in [-0.1, -0.05) is 12.1 Å². The second-order valence-electron chi connectivity index (χ2n) is 12.7. The van der Waals surface area contributed by atoms with Gasteiger partial charge in [0.2, 0.25) is 0 Å². The van der Waals surface area contributed by atoms with Gasteiger partial charge in [0, 0.05) is 69.2 Å². The first-order valence-corrected chi connectivity index (χ1v) is 15.3. The molecule has 4 unspecified atom stereocenters. The first-order valence-electron chi connectivity index (χ1n) is 15.3. The molecule has 6 saturated heterocycles. The van der Waals surface area contributed by atoms with Crippen LogP contribution < -0.4 is 15.0 Å². The number of imide groups is 1. The maximum Gasteiger partial charge on any atom is 0.262 e. The lowest BCUT2D eigenvalue weighted by molar-refractivity contribution is -0.231. The summed E-state index contributed by atoms with van der Waals surface area (Å²) < 4.78 is 18.7. The fourth-order valence-corrected chi connectivity index (χ4v) is 8.09. The van der Waals surface area contributed by atoms with E-state index in [1.807, 2.05) is 12.1 Å². The Morgan fingerprint density at radius 3 is 2.52 bits per heavy atom. The van der Waals surface area contributed by atoms with Gasteiger partial charge >= 0.3 is 0 Å². The van der Waals surface area contributed by atoms with Gasteiger partial charge in [-0.15, -0.1) is 0 Å². The first kappa shape index (κ1) is 24.9. The van der Waals surface area contributed by atoms with Crippen molar-refractivity contribution in [2.45, 2.75) is 74.6 Å². The molecule has 8 heterocycles. The number of amides is 2. The Hall–Kier alpha value is -3.60. The third-order valence-electron chi connectivity index (χ3n) is 10.1. The molecule has 8 aliphatic rings. The summed E-state index contributed by atoms with van der Waals surface area (Å²) in [6.07, 6.45) is 9.08. The molecule has 0 radical (unpaired) electrons. The predicted molar refractivity (Wildman–Crippen MR) is 153 cm³/mol. The number of nitrogens with zero attached hydrogens (tertiary/aromatic N) is 4. The minimum Gasteiger partial charge on any atom is -0.488 e. The second kappa shape index (κ2) is 9.20. The number of hydrogen-bond acceptors (Lipinski definition) is 9. The van der Waals surface area contributed by atoms with Crippen molar-refractivity contribution in [2.24, 2.45) is 0 Å². The van der Waals surface area contributed by atoms with Crippen molar-refractivity contribution >= 4 is 28.5 Å². The van der Waals surface area contributed by atoms with Crippen LogP contribution in [0, 0.1) is 0 Å². The molecule has 11 rings (SSSR count). The van der Waals surface area contributed by atoms with E-state index >= 15 is 0 Å². The summed E-state index contributed by atoms with van der Waals surface area (Å²) in [7, 11) is 0. The quantitative estimate of drug-likeness (QED) is 0.466. The summed E-state index contributed by atoms with van der Waals surface area (Å²) in [5, 5.41) is 3.41. The number of hydrogen-bond donors (Lipinski definition) is 1. The molecular weight excluding hydrogens is 534 g/mol. The highest BCUT2D eigenvalue weighted by molar-refractivity contribution is 6.22. The zero-order valence-electron chi connectivity index (χ0n) is 23.3. The molecule has 1 N–H and O–H groups in total. The summed E-state index contributed by atoms with van der Waals surface area (Å²) in [6, 6.07) is 9.66. The Morgan fingerprint density at radius 1 is 0.976 bits per heavy atom. The number of benzene rings is 2. The molecule has 4 atom stereocenters. The molecule has 10 heteroatoms. The number of fused-ring (bicyclic) bond motifs is 6. The number of carbonyl (C=O) groups is 2. The van der Waals surface area contributed by atoms with Crippen molar-refractivity contribution in [1.82, 2.24) is 20.2 Å². The van der Waals surface area contributed by atoms with Crippen LogP contribution in [0.4, 0.5) is 5.69 Å². The maximum absolute atomic E-state index is 13.8. The number of morpholine rings is 2. The Bertz CT molecular complexity index is 1590. The van der Waals surface area contributed by atoms with E-state index in [1.165, 1.54) is 4.90 Å². The summed E-state index contributed by atoms with van der Waals surface area (Å²) in [6.45, 7) is 3.25. The highest BCUT2D eigenvalue weighted by Crippen LogP contribution is 2.47. The predicted octanol–water partition coefficient (Wildman–Crippen LogP) is 3.18. The van der Waals surface area contributed by atoms with Crippen LogP contribution in [0.25, 0.3) is 11.0 Å². The zero-order valence-corrected chi connectivity index (χ0v) is 23.3. The maximum atomic E-state index is 13.8. The summed E-state index contributed by atoms with van der Waals surface area (Å²) in [5.41, 5.74) is 4.04. The summed E-state index contributed by atoms with van der Waals surface area (Å²) in [5.74, 6) is 0.373. The Labute approximate surface area is 243 Å². The molecule has 1 aliphatic carbocycles. The standard InChI is InChI=1S/C32H33N5O5/c38-30-24-2-1-3-25(32-13-23(42-32)14-33-17-32)28(24)31(39)37(30)18-4-6-20(7-5-18)41-27-11-19(10-26-29(27)35-9-8-34-26)36-15-21-12-22(16-36)40-21/h1-3,8-11,18,20-23,33H,4-7,12-17H2. The van der Waals surface area contributed by atoms with E-state index in [9.17, 15) is 9.59 Å². The number of nitrogens with one attached hydrogen (secondary N) is 1. The van der Waals surface area contributed by atoms with Gasteiger partial charge in [0.1, 0.15) is 16.9 Å². The van der Waals surface area contributed by atoms with E-state index in [-0.39, 0.29) is 30.1 Å². The summed E-state index contributed by atoms with van der Waals surface area (Å²) in [4.78, 5) is 40.4. The average Bonchev–Trinajstić information content (AvgIpc) is 3.26. The molecule has 2 amide bonds. The Morgan fingerprint density at radius 2 is 1.76 bits per heavy atom. The van der Waals surface area contributed by atoms with E-state index < -0.39 is 5.60 Å². The molecule has 1 aromatic heterocycles. The van der Waals surface area contributed by atoms with Crippen molar-refractivity contribution < 1.29 is 23.8 Å². The number of piperidine rings is 2. The zero-order chi connectivity index (χ0) is 28.0. The van der Waals surface area contributed by atoms with Crippen LogP contribution >= 0.6 is 0 Å². The van der Waals surface area contributed by atoms with E-state index in [1.54, 1.807) is 18.5 Å². The van der Waals surface area contributed by atoms with Gasteiger partial charge in [0.15, 0.2) is 0 Å². The molecule has 42 heavy (non-hydrogen) atoms. The van der Waals surface area contributed by atoms with Gasteiger partial charge in [-0.05, 0) is 43.4 Å². The number of carbonyl (C=O) groups excluding carboxylic acids is 2. The van der Waals surface area contributed by atoms with Crippen molar-refractivity contribution in [3.63, 3.8) is 0 Å². The lowest BCUT2D eigenvalue weighted by Crippen LogP contribution is -2.63. The van der Waals surface area contributed by atoms with E-state index in [2.05, 4.69) is 32.3 Å². The second-order valence-corrected chi connectivity index (χ2v) is 12.7. The molecule has 0 spiro atoms. The van der Waals surface area contributed by atoms with Gasteiger partial charge < -0.3 is 24.4 Å². The number of ether oxygens (including phenoxy) is 3. The molecule has 7 fully saturated rings. The van der Waals surface area contributed by atoms with Gasteiger partial charge in [-0.2, -0.15) is 0 Å². The van der Waals surface area contributed by atoms with Crippen LogP contribution in [0.5, 0.6) is 5.75 Å². The molecule has 1 saturated carbocycles. The Balaban J connectivity index is 0.925. The minimum absolute atomic E-state index is 0.0296. The first-order chi connectivity index (χ1) is 20.5. The average molecular weight is 568 g/mol. The van der Waals surface area contributed by atoms with Crippen LogP contribution in [-0.2, 0) is 15.1 Å². The SMILES string of the molecule is O=C1c2cccc(C34CNCC(C3)O4)c2C(=O)N1C1CCC(Oc2cc(N3CC4CC(C3)O4)cc3nccnc23)CC1. The topological polar surface area (TPSA) is 106 Å². The largest absolute Gasteiger partial charge is 0.488 e. The lowest BCUT2D eigenvalue weighted by atomic mass is 9.77.